The molecule has 0 aromatic rings. The van der Waals surface area contributed by atoms with Gasteiger partial charge in [0.2, 0.25) is 5.91 Å². The average Bonchev–Trinajstić information content (AvgIpc) is 2.14. The van der Waals surface area contributed by atoms with Crippen molar-refractivity contribution in [2.75, 3.05) is 6.54 Å². The second-order valence-electron chi connectivity index (χ2n) is 2.25. The number of rotatable bonds is 1. The topological polar surface area (TPSA) is 75.4 Å². The zero-order chi connectivity index (χ0) is 6.85. The number of carbonyl (C=O) groups excluding carboxylic acids is 1. The Morgan fingerprint density at radius 1 is 1.70 bits per heavy atom. The maximum atomic E-state index is 10.4. The molecule has 0 bridgehead atoms. The summed E-state index contributed by atoms with van der Waals surface area (Å²) in [6, 6.07) is -0.319. The molecule has 10 heavy (non-hydrogen) atoms. The minimum atomic E-state index is -0.400. The zero-order valence-electron chi connectivity index (χ0n) is 5.41. The molecule has 2 atom stereocenters. The van der Waals surface area contributed by atoms with E-state index < -0.39 is 6.10 Å². The molecule has 1 aliphatic heterocycles. The van der Waals surface area contributed by atoms with Gasteiger partial charge in [-0.2, -0.15) is 0 Å². The molecule has 4 N–H and O–H groups in total. The zero-order valence-corrected chi connectivity index (χ0v) is 6.23. The lowest BCUT2D eigenvalue weighted by Crippen LogP contribution is -2.36. The molecule has 1 rings (SSSR count). The van der Waals surface area contributed by atoms with Crippen molar-refractivity contribution in [2.24, 2.45) is 5.73 Å². The number of hydrogen-bond donors (Lipinski definition) is 3. The first kappa shape index (κ1) is 9.68. The van der Waals surface area contributed by atoms with Crippen LogP contribution in [0.3, 0.4) is 0 Å². The Morgan fingerprint density at radius 3 is 2.50 bits per heavy atom. The summed E-state index contributed by atoms with van der Waals surface area (Å²) in [4.78, 5) is 10.4. The van der Waals surface area contributed by atoms with Gasteiger partial charge < -0.3 is 16.2 Å². The number of aliphatic hydroxyl groups excluding tert-OH is 1. The molecule has 1 heterocycles. The SMILES string of the molecule is Cl.NC(=O)[C@@H]1C[C@@H](O)CN1. The lowest BCUT2D eigenvalue weighted by molar-refractivity contribution is -0.119. The van der Waals surface area contributed by atoms with Gasteiger partial charge in [-0.3, -0.25) is 4.79 Å². The Kier molecular flexibility index (Phi) is 3.63. The van der Waals surface area contributed by atoms with Crippen LogP contribution in [0.5, 0.6) is 0 Å². The van der Waals surface area contributed by atoms with Crippen LogP contribution in [0.15, 0.2) is 0 Å². The minimum Gasteiger partial charge on any atom is -0.392 e. The molecular formula is C5H11ClN2O2. The van der Waals surface area contributed by atoms with Crippen LogP contribution in [-0.2, 0) is 4.79 Å². The lowest BCUT2D eigenvalue weighted by Gasteiger charge is -2.01. The quantitative estimate of drug-likeness (QED) is 0.449. The minimum absolute atomic E-state index is 0. The monoisotopic (exact) mass is 166 g/mol. The number of nitrogens with one attached hydrogen (secondary N) is 1. The predicted molar refractivity (Wildman–Crippen MR) is 38.9 cm³/mol. The van der Waals surface area contributed by atoms with Gasteiger partial charge in [0.05, 0.1) is 12.1 Å². The number of aliphatic hydroxyl groups is 1. The number of primary amides is 1. The fourth-order valence-corrected chi connectivity index (χ4v) is 0.934. The number of nitrogens with two attached hydrogens (primary N) is 1. The maximum Gasteiger partial charge on any atom is 0.234 e. The number of β-amino-alcohol motifs (C(OH)–C–C–N with tert-alkyl or cyclic N) is 1. The van der Waals surface area contributed by atoms with Crippen LogP contribution in [0.4, 0.5) is 0 Å². The van der Waals surface area contributed by atoms with E-state index in [2.05, 4.69) is 5.32 Å². The third kappa shape index (κ3) is 2.13. The molecule has 0 unspecified atom stereocenters. The van der Waals surface area contributed by atoms with Gasteiger partial charge in [-0.1, -0.05) is 0 Å². The van der Waals surface area contributed by atoms with Gasteiger partial charge in [0.25, 0.3) is 0 Å². The average molecular weight is 167 g/mol. The molecule has 1 saturated heterocycles. The van der Waals surface area contributed by atoms with Crippen molar-refractivity contribution in [3.8, 4) is 0 Å². The van der Waals surface area contributed by atoms with Gasteiger partial charge in [-0.15, -0.1) is 12.4 Å². The van der Waals surface area contributed by atoms with Crippen LogP contribution < -0.4 is 11.1 Å². The fraction of sp³-hybridized carbons (Fsp3) is 0.800. The summed E-state index contributed by atoms with van der Waals surface area (Å²) in [5.41, 5.74) is 4.95. The van der Waals surface area contributed by atoms with Crippen molar-refractivity contribution in [1.82, 2.24) is 5.32 Å². The van der Waals surface area contributed by atoms with E-state index in [4.69, 9.17) is 10.8 Å². The van der Waals surface area contributed by atoms with Crippen molar-refractivity contribution in [1.29, 1.82) is 0 Å². The van der Waals surface area contributed by atoms with Gasteiger partial charge >= 0.3 is 0 Å². The summed E-state index contributed by atoms with van der Waals surface area (Å²) in [5, 5.41) is 11.7. The van der Waals surface area contributed by atoms with E-state index in [1.165, 1.54) is 0 Å². The summed E-state index contributed by atoms with van der Waals surface area (Å²) in [7, 11) is 0. The highest BCUT2D eigenvalue weighted by molar-refractivity contribution is 5.85. The van der Waals surface area contributed by atoms with E-state index in [0.29, 0.717) is 13.0 Å². The first-order valence-corrected chi connectivity index (χ1v) is 2.91. The Hall–Kier alpha value is -0.320. The normalized spacial score (nSPS) is 31.3. The highest BCUT2D eigenvalue weighted by Gasteiger charge is 2.25. The van der Waals surface area contributed by atoms with Crippen LogP contribution in [0.25, 0.3) is 0 Å². The van der Waals surface area contributed by atoms with E-state index in [1.807, 2.05) is 0 Å². The lowest BCUT2D eigenvalue weighted by atomic mass is 10.2. The number of carbonyl (C=O) groups is 1. The molecule has 1 fully saturated rings. The molecule has 0 radical (unpaired) electrons. The molecule has 60 valence electrons. The molecule has 0 spiro atoms. The highest BCUT2D eigenvalue weighted by atomic mass is 35.5. The predicted octanol–water partition coefficient (Wildman–Crippen LogP) is -1.38. The molecule has 0 aromatic carbocycles. The number of amides is 1. The van der Waals surface area contributed by atoms with Crippen molar-refractivity contribution >= 4 is 18.3 Å². The molecule has 1 amide bonds. The number of hydrogen-bond acceptors (Lipinski definition) is 3. The van der Waals surface area contributed by atoms with Gasteiger partial charge in [-0.25, -0.2) is 0 Å². The van der Waals surface area contributed by atoms with E-state index in [1.54, 1.807) is 0 Å². The molecular weight excluding hydrogens is 156 g/mol. The van der Waals surface area contributed by atoms with E-state index in [0.717, 1.165) is 0 Å². The van der Waals surface area contributed by atoms with E-state index in [-0.39, 0.29) is 24.4 Å². The van der Waals surface area contributed by atoms with Crippen LogP contribution in [0, 0.1) is 0 Å². The Balaban J connectivity index is 0.000000810. The molecule has 0 saturated carbocycles. The fourth-order valence-electron chi connectivity index (χ4n) is 0.934. The van der Waals surface area contributed by atoms with Crippen LogP contribution in [-0.4, -0.2) is 29.7 Å². The van der Waals surface area contributed by atoms with Crippen molar-refractivity contribution in [2.45, 2.75) is 18.6 Å². The maximum absolute atomic E-state index is 10.4. The smallest absolute Gasteiger partial charge is 0.234 e. The molecule has 1 aliphatic rings. The van der Waals surface area contributed by atoms with Crippen molar-refractivity contribution < 1.29 is 9.90 Å². The summed E-state index contributed by atoms with van der Waals surface area (Å²) >= 11 is 0. The molecule has 5 heteroatoms. The first-order chi connectivity index (χ1) is 4.20. The Labute approximate surface area is 65.2 Å². The summed E-state index contributed by atoms with van der Waals surface area (Å²) < 4.78 is 0. The van der Waals surface area contributed by atoms with Crippen molar-refractivity contribution in [3.63, 3.8) is 0 Å². The van der Waals surface area contributed by atoms with Crippen LogP contribution >= 0.6 is 12.4 Å². The standard InChI is InChI=1S/C5H10N2O2.ClH/c6-5(9)4-1-3(8)2-7-4;/h3-4,7-8H,1-2H2,(H2,6,9);1H/t3-,4+;/m1./s1. The second-order valence-corrected chi connectivity index (χ2v) is 2.25. The molecule has 0 aliphatic carbocycles. The van der Waals surface area contributed by atoms with Crippen molar-refractivity contribution in [3.05, 3.63) is 0 Å². The Bertz CT molecular complexity index is 131. The van der Waals surface area contributed by atoms with Gasteiger partial charge in [0.1, 0.15) is 0 Å². The first-order valence-electron chi connectivity index (χ1n) is 2.91. The second kappa shape index (κ2) is 3.75. The highest BCUT2D eigenvalue weighted by Crippen LogP contribution is 2.04. The van der Waals surface area contributed by atoms with E-state index >= 15 is 0 Å². The molecule has 0 aromatic heterocycles. The van der Waals surface area contributed by atoms with Gasteiger partial charge in [0.15, 0.2) is 0 Å². The van der Waals surface area contributed by atoms with E-state index in [9.17, 15) is 4.79 Å². The summed E-state index contributed by atoms with van der Waals surface area (Å²) in [5.74, 6) is -0.383. The summed E-state index contributed by atoms with van der Waals surface area (Å²) in [6.07, 6.45) is 0.0532. The van der Waals surface area contributed by atoms with Gasteiger partial charge in [-0.05, 0) is 6.42 Å². The summed E-state index contributed by atoms with van der Waals surface area (Å²) in [6.45, 7) is 0.480. The molecule has 4 nitrogen and oxygen atoms in total. The van der Waals surface area contributed by atoms with Gasteiger partial charge in [0, 0.05) is 6.54 Å². The Morgan fingerprint density at radius 2 is 2.30 bits per heavy atom. The van der Waals surface area contributed by atoms with Crippen LogP contribution in [0.2, 0.25) is 0 Å². The third-order valence-electron chi connectivity index (χ3n) is 1.45. The number of halogens is 1. The van der Waals surface area contributed by atoms with Crippen LogP contribution in [0.1, 0.15) is 6.42 Å². The third-order valence-corrected chi connectivity index (χ3v) is 1.45. The largest absolute Gasteiger partial charge is 0.392 e.